The third kappa shape index (κ3) is 6.76. The van der Waals surface area contributed by atoms with Crippen LogP contribution >= 0.6 is 0 Å². The quantitative estimate of drug-likeness (QED) is 0.153. The molecule has 10 aromatic carbocycles. The second-order valence-corrected chi connectivity index (χ2v) is 17.2. The van der Waals surface area contributed by atoms with Crippen LogP contribution in [-0.4, -0.2) is 24.1 Å². The molecule has 0 aliphatic heterocycles. The highest BCUT2D eigenvalue weighted by atomic mass is 15.2. The van der Waals surface area contributed by atoms with Gasteiger partial charge in [-0.3, -0.25) is 4.57 Å². The summed E-state index contributed by atoms with van der Waals surface area (Å²) in [5.74, 6) is 1.78. The summed E-state index contributed by atoms with van der Waals surface area (Å²) in [5, 5.41) is 4.52. The summed E-state index contributed by atoms with van der Waals surface area (Å²) in [4.78, 5) is 15.8. The summed E-state index contributed by atoms with van der Waals surface area (Å²) in [5.41, 5.74) is 16.5. The minimum absolute atomic E-state index is 0.560. The third-order valence-corrected chi connectivity index (χ3v) is 13.2. The van der Waals surface area contributed by atoms with E-state index in [0.717, 1.165) is 88.2 Å². The highest BCUT2D eigenvalue weighted by molar-refractivity contribution is 6.19. The number of aromatic nitrogens is 5. The summed E-state index contributed by atoms with van der Waals surface area (Å²) in [6.45, 7) is 0. The van der Waals surface area contributed by atoms with Crippen molar-refractivity contribution in [2.75, 3.05) is 0 Å². The Labute approximate surface area is 393 Å². The Balaban J connectivity index is 1.07. The minimum atomic E-state index is 0.560. The van der Waals surface area contributed by atoms with Crippen LogP contribution in [0.25, 0.3) is 123 Å². The largest absolute Gasteiger partial charge is 0.309 e. The van der Waals surface area contributed by atoms with E-state index in [9.17, 15) is 0 Å². The molecule has 0 amide bonds. The van der Waals surface area contributed by atoms with Gasteiger partial charge in [0.2, 0.25) is 5.95 Å². The summed E-state index contributed by atoms with van der Waals surface area (Å²) >= 11 is 0. The highest BCUT2D eigenvalue weighted by Crippen LogP contribution is 2.43. The fourth-order valence-corrected chi connectivity index (χ4v) is 9.95. The number of para-hydroxylation sites is 2. The molecular formula is C63H41N5. The van der Waals surface area contributed by atoms with Crippen LogP contribution in [0.3, 0.4) is 0 Å². The maximum absolute atomic E-state index is 5.35. The van der Waals surface area contributed by atoms with Crippen molar-refractivity contribution < 1.29 is 0 Å². The molecular weight excluding hydrogens is 827 g/mol. The first-order valence-corrected chi connectivity index (χ1v) is 23.0. The van der Waals surface area contributed by atoms with Crippen LogP contribution in [0.5, 0.6) is 0 Å². The van der Waals surface area contributed by atoms with E-state index in [1.54, 1.807) is 0 Å². The summed E-state index contributed by atoms with van der Waals surface area (Å²) in [6, 6.07) is 88.4. The van der Waals surface area contributed by atoms with E-state index in [0.29, 0.717) is 17.6 Å². The normalized spacial score (nSPS) is 11.5. The van der Waals surface area contributed by atoms with Crippen molar-refractivity contribution >= 4 is 43.6 Å². The first kappa shape index (κ1) is 39.2. The average molecular weight is 868 g/mol. The van der Waals surface area contributed by atoms with Crippen molar-refractivity contribution in [3.05, 3.63) is 249 Å². The molecule has 3 heterocycles. The van der Waals surface area contributed by atoms with Gasteiger partial charge in [0.1, 0.15) is 0 Å². The standard InChI is InChI=1S/C63H41N5/c1-5-19-42(20-6-1)46-27-17-29-49(37-46)51-36-35-48(44-23-9-3-10-24-44)39-58(51)67-56-33-15-13-31-52(56)54-41-60-55(40-59(54)67)53-32-14-16-34-57(53)68(60)63-65-61(45-25-11-4-12-26-45)64-62(66-63)50-30-18-28-47(38-50)43-21-7-2-8-22-43/h1-41H. The lowest BCUT2D eigenvalue weighted by Crippen LogP contribution is -2.06. The Kier molecular flexibility index (Phi) is 9.43. The zero-order chi connectivity index (χ0) is 45.0. The SMILES string of the molecule is c1ccc(-c2cccc(-c3nc(-c4ccccc4)nc(-n4c5ccccc5c5cc6c(cc54)c4ccccc4n6-c4cc(-c5ccccc5)ccc4-c4cccc(-c5ccccc5)c4)n3)c2)cc1. The average Bonchev–Trinajstić information content (AvgIpc) is 3.92. The number of benzene rings is 10. The molecule has 68 heavy (non-hydrogen) atoms. The predicted molar refractivity (Wildman–Crippen MR) is 281 cm³/mol. The van der Waals surface area contributed by atoms with E-state index >= 15 is 0 Å². The van der Waals surface area contributed by atoms with Gasteiger partial charge in [-0.25, -0.2) is 4.98 Å². The summed E-state index contributed by atoms with van der Waals surface area (Å²) in [7, 11) is 0. The van der Waals surface area contributed by atoms with E-state index < -0.39 is 0 Å². The fraction of sp³-hybridized carbons (Fsp3) is 0. The topological polar surface area (TPSA) is 48.5 Å². The maximum Gasteiger partial charge on any atom is 0.238 e. The third-order valence-electron chi connectivity index (χ3n) is 13.2. The molecule has 0 saturated carbocycles. The van der Waals surface area contributed by atoms with E-state index in [2.05, 4.69) is 234 Å². The number of fused-ring (bicyclic) bond motifs is 6. The van der Waals surface area contributed by atoms with Gasteiger partial charge in [0, 0.05) is 38.2 Å². The molecule has 0 unspecified atom stereocenters. The van der Waals surface area contributed by atoms with Gasteiger partial charge in [0.05, 0.1) is 27.8 Å². The Morgan fingerprint density at radius 3 is 1.22 bits per heavy atom. The predicted octanol–water partition coefficient (Wildman–Crippen LogP) is 16.1. The molecule has 0 atom stereocenters. The van der Waals surface area contributed by atoms with Crippen molar-refractivity contribution in [1.29, 1.82) is 0 Å². The Hall–Kier alpha value is -9.19. The van der Waals surface area contributed by atoms with Gasteiger partial charge in [0.15, 0.2) is 11.6 Å². The molecule has 0 saturated heterocycles. The molecule has 13 aromatic rings. The number of hydrogen-bond donors (Lipinski definition) is 0. The molecule has 0 spiro atoms. The van der Waals surface area contributed by atoms with E-state index in [-0.39, 0.29) is 0 Å². The first-order chi connectivity index (χ1) is 33.7. The molecule has 5 nitrogen and oxygen atoms in total. The van der Waals surface area contributed by atoms with E-state index in [1.807, 2.05) is 24.3 Å². The summed E-state index contributed by atoms with van der Waals surface area (Å²) < 4.78 is 4.70. The van der Waals surface area contributed by atoms with Crippen LogP contribution < -0.4 is 0 Å². The molecule has 318 valence electrons. The van der Waals surface area contributed by atoms with Gasteiger partial charge < -0.3 is 4.57 Å². The smallest absolute Gasteiger partial charge is 0.238 e. The Bertz CT molecular complexity index is 4010. The lowest BCUT2D eigenvalue weighted by Gasteiger charge is -2.17. The molecule has 0 aliphatic carbocycles. The number of nitrogens with zero attached hydrogens (tertiary/aromatic N) is 5. The lowest BCUT2D eigenvalue weighted by molar-refractivity contribution is 0.954. The summed E-state index contributed by atoms with van der Waals surface area (Å²) in [6.07, 6.45) is 0. The lowest BCUT2D eigenvalue weighted by atomic mass is 9.95. The second kappa shape index (κ2) is 16.4. The number of hydrogen-bond acceptors (Lipinski definition) is 3. The van der Waals surface area contributed by atoms with Crippen molar-refractivity contribution in [1.82, 2.24) is 24.1 Å². The molecule has 5 heteroatoms. The van der Waals surface area contributed by atoms with Gasteiger partial charge in [-0.2, -0.15) is 9.97 Å². The van der Waals surface area contributed by atoms with E-state index in [1.165, 1.54) is 16.7 Å². The van der Waals surface area contributed by atoms with Crippen LogP contribution in [0.1, 0.15) is 0 Å². The minimum Gasteiger partial charge on any atom is -0.309 e. The van der Waals surface area contributed by atoms with Crippen LogP contribution in [-0.2, 0) is 0 Å². The molecule has 0 aliphatic rings. The first-order valence-electron chi connectivity index (χ1n) is 23.0. The van der Waals surface area contributed by atoms with Crippen LogP contribution in [0.15, 0.2) is 249 Å². The van der Waals surface area contributed by atoms with Crippen molar-refractivity contribution in [3.8, 4) is 78.9 Å². The van der Waals surface area contributed by atoms with Crippen LogP contribution in [0.2, 0.25) is 0 Å². The van der Waals surface area contributed by atoms with Gasteiger partial charge in [0.25, 0.3) is 0 Å². The number of rotatable bonds is 8. The zero-order valence-electron chi connectivity index (χ0n) is 36.9. The van der Waals surface area contributed by atoms with Gasteiger partial charge in [-0.1, -0.05) is 206 Å². The van der Waals surface area contributed by atoms with Crippen molar-refractivity contribution in [2.45, 2.75) is 0 Å². The molecule has 3 aromatic heterocycles. The molecule has 13 rings (SSSR count). The van der Waals surface area contributed by atoms with Gasteiger partial charge >= 0.3 is 0 Å². The fourth-order valence-electron chi connectivity index (χ4n) is 9.95. The monoisotopic (exact) mass is 867 g/mol. The van der Waals surface area contributed by atoms with Crippen molar-refractivity contribution in [3.63, 3.8) is 0 Å². The Morgan fingerprint density at radius 2 is 0.647 bits per heavy atom. The second-order valence-electron chi connectivity index (χ2n) is 17.2. The van der Waals surface area contributed by atoms with Gasteiger partial charge in [-0.05, 0) is 81.4 Å². The van der Waals surface area contributed by atoms with Crippen molar-refractivity contribution in [2.24, 2.45) is 0 Å². The molecule has 0 radical (unpaired) electrons. The maximum atomic E-state index is 5.35. The van der Waals surface area contributed by atoms with Crippen LogP contribution in [0, 0.1) is 0 Å². The molecule has 0 bridgehead atoms. The zero-order valence-corrected chi connectivity index (χ0v) is 36.9. The molecule has 0 N–H and O–H groups in total. The van der Waals surface area contributed by atoms with Gasteiger partial charge in [-0.15, -0.1) is 0 Å². The van der Waals surface area contributed by atoms with E-state index in [4.69, 9.17) is 15.0 Å². The highest BCUT2D eigenvalue weighted by Gasteiger charge is 2.23. The molecule has 0 fully saturated rings. The van der Waals surface area contributed by atoms with Crippen LogP contribution in [0.4, 0.5) is 0 Å². The Morgan fingerprint density at radius 1 is 0.235 bits per heavy atom.